The molecule has 0 spiro atoms. The Kier molecular flexibility index (Phi) is 4.17. The Morgan fingerprint density at radius 1 is 1.25 bits per heavy atom. The van der Waals surface area contributed by atoms with Crippen molar-refractivity contribution >= 4 is 23.4 Å². The van der Waals surface area contributed by atoms with Crippen LogP contribution >= 0.6 is 0 Å². The zero-order chi connectivity index (χ0) is 17.5. The fourth-order valence-electron chi connectivity index (χ4n) is 2.84. The summed E-state index contributed by atoms with van der Waals surface area (Å²) in [6.45, 7) is 6.40. The van der Waals surface area contributed by atoms with Crippen LogP contribution in [0, 0.1) is 5.41 Å². The molecule has 128 valence electrons. The number of anilines is 1. The van der Waals surface area contributed by atoms with E-state index >= 15 is 0 Å². The molecule has 1 fully saturated rings. The average Bonchev–Trinajstić information content (AvgIpc) is 3.10. The number of rotatable bonds is 3. The van der Waals surface area contributed by atoms with Gasteiger partial charge in [-0.1, -0.05) is 20.8 Å². The minimum atomic E-state index is -0.537. The fourth-order valence-corrected chi connectivity index (χ4v) is 2.84. The molecule has 0 aliphatic carbocycles. The van der Waals surface area contributed by atoms with Gasteiger partial charge in [0.2, 0.25) is 5.91 Å². The van der Waals surface area contributed by atoms with Crippen LogP contribution in [0.4, 0.5) is 5.69 Å². The van der Waals surface area contributed by atoms with Gasteiger partial charge in [-0.05, 0) is 31.0 Å². The maximum absolute atomic E-state index is 12.6. The van der Waals surface area contributed by atoms with Gasteiger partial charge in [0.15, 0.2) is 0 Å². The van der Waals surface area contributed by atoms with Crippen molar-refractivity contribution in [2.75, 3.05) is 18.5 Å². The lowest BCUT2D eigenvalue weighted by atomic mass is 9.95. The molecule has 3 rings (SSSR count). The Morgan fingerprint density at radius 2 is 1.96 bits per heavy atom. The third-order valence-electron chi connectivity index (χ3n) is 4.32. The van der Waals surface area contributed by atoms with Crippen LogP contribution in [-0.2, 0) is 9.53 Å². The first-order valence-corrected chi connectivity index (χ1v) is 8.20. The van der Waals surface area contributed by atoms with Crippen molar-refractivity contribution in [3.8, 4) is 0 Å². The highest BCUT2D eigenvalue weighted by molar-refractivity contribution is 6.22. The van der Waals surface area contributed by atoms with E-state index in [1.807, 2.05) is 20.8 Å². The molecule has 1 N–H and O–H groups in total. The van der Waals surface area contributed by atoms with E-state index in [1.165, 1.54) is 4.90 Å². The van der Waals surface area contributed by atoms with E-state index in [-0.39, 0.29) is 30.4 Å². The molecular formula is C18H22N2O4. The van der Waals surface area contributed by atoms with E-state index in [2.05, 4.69) is 5.32 Å². The quantitative estimate of drug-likeness (QED) is 0.864. The van der Waals surface area contributed by atoms with Crippen LogP contribution in [0.3, 0.4) is 0 Å². The Bertz CT molecular complexity index is 699. The second kappa shape index (κ2) is 6.02. The number of ether oxygens (including phenoxy) is 1. The first-order chi connectivity index (χ1) is 11.3. The molecule has 2 aliphatic rings. The normalized spacial score (nSPS) is 20.5. The van der Waals surface area contributed by atoms with Crippen molar-refractivity contribution in [1.29, 1.82) is 0 Å². The number of hydrogen-bond donors (Lipinski definition) is 1. The van der Waals surface area contributed by atoms with Gasteiger partial charge in [0.1, 0.15) is 0 Å². The van der Waals surface area contributed by atoms with Crippen LogP contribution < -0.4 is 5.32 Å². The molecule has 3 amide bonds. The van der Waals surface area contributed by atoms with Crippen LogP contribution in [0.15, 0.2) is 18.2 Å². The summed E-state index contributed by atoms with van der Waals surface area (Å²) in [6, 6.07) is 4.83. The lowest BCUT2D eigenvalue weighted by Gasteiger charge is -2.18. The number of hydrogen-bond acceptors (Lipinski definition) is 4. The number of carbonyl (C=O) groups excluding carboxylic acids is 3. The van der Waals surface area contributed by atoms with Crippen LogP contribution in [0.2, 0.25) is 0 Å². The highest BCUT2D eigenvalue weighted by Gasteiger charge is 2.37. The summed E-state index contributed by atoms with van der Waals surface area (Å²) in [6.07, 6.45) is 1.74. The Hall–Kier alpha value is -2.21. The number of nitrogens with zero attached hydrogens (tertiary/aromatic N) is 1. The van der Waals surface area contributed by atoms with Gasteiger partial charge in [-0.15, -0.1) is 0 Å². The molecule has 6 heteroatoms. The van der Waals surface area contributed by atoms with E-state index in [1.54, 1.807) is 18.2 Å². The molecule has 0 bridgehead atoms. The second-order valence-electron chi connectivity index (χ2n) is 7.32. The lowest BCUT2D eigenvalue weighted by molar-refractivity contribution is -0.123. The monoisotopic (exact) mass is 330 g/mol. The number of nitrogens with one attached hydrogen (secondary N) is 1. The Balaban J connectivity index is 1.79. The smallest absolute Gasteiger partial charge is 0.261 e. The van der Waals surface area contributed by atoms with Crippen LogP contribution in [0.5, 0.6) is 0 Å². The zero-order valence-corrected chi connectivity index (χ0v) is 14.2. The van der Waals surface area contributed by atoms with Crippen LogP contribution in [0.25, 0.3) is 0 Å². The Morgan fingerprint density at radius 3 is 2.58 bits per heavy atom. The summed E-state index contributed by atoms with van der Waals surface area (Å²) in [4.78, 5) is 38.3. The third-order valence-corrected chi connectivity index (χ3v) is 4.32. The van der Waals surface area contributed by atoms with E-state index in [4.69, 9.17) is 4.74 Å². The van der Waals surface area contributed by atoms with Crippen molar-refractivity contribution in [3.05, 3.63) is 29.3 Å². The number of carbonyl (C=O) groups is 3. The van der Waals surface area contributed by atoms with Gasteiger partial charge in [-0.2, -0.15) is 0 Å². The van der Waals surface area contributed by atoms with Gasteiger partial charge in [-0.3, -0.25) is 19.3 Å². The minimum Gasteiger partial charge on any atom is -0.376 e. The molecule has 2 aliphatic heterocycles. The summed E-state index contributed by atoms with van der Waals surface area (Å²) < 4.78 is 5.52. The largest absolute Gasteiger partial charge is 0.376 e. The zero-order valence-electron chi connectivity index (χ0n) is 14.2. The molecule has 1 saturated heterocycles. The van der Waals surface area contributed by atoms with Crippen molar-refractivity contribution in [1.82, 2.24) is 4.90 Å². The van der Waals surface area contributed by atoms with E-state index in [9.17, 15) is 14.4 Å². The molecule has 0 saturated carbocycles. The van der Waals surface area contributed by atoms with Gasteiger partial charge in [0, 0.05) is 17.7 Å². The molecule has 0 aromatic heterocycles. The highest BCUT2D eigenvalue weighted by Crippen LogP contribution is 2.28. The molecule has 1 aromatic rings. The molecule has 1 atom stereocenters. The maximum Gasteiger partial charge on any atom is 0.261 e. The maximum atomic E-state index is 12.6. The summed E-state index contributed by atoms with van der Waals surface area (Å²) in [5.74, 6) is -0.757. The molecular weight excluding hydrogens is 308 g/mol. The number of fused-ring (bicyclic) bond motifs is 1. The fraction of sp³-hybridized carbons (Fsp3) is 0.500. The lowest BCUT2D eigenvalue weighted by Crippen LogP contribution is -2.36. The van der Waals surface area contributed by atoms with E-state index in [0.29, 0.717) is 23.4 Å². The van der Waals surface area contributed by atoms with E-state index < -0.39 is 5.41 Å². The van der Waals surface area contributed by atoms with E-state index in [0.717, 1.165) is 12.8 Å². The molecule has 6 nitrogen and oxygen atoms in total. The average molecular weight is 330 g/mol. The summed E-state index contributed by atoms with van der Waals surface area (Å²) in [5.41, 5.74) is 0.704. The molecule has 1 unspecified atom stereocenters. The standard InChI is InChI=1S/C18H22N2O4/c1-18(2,3)17(23)19-11-6-7-13-14(9-11)16(22)20(15(13)21)10-12-5-4-8-24-12/h6-7,9,12H,4-5,8,10H2,1-3H3,(H,19,23). The van der Waals surface area contributed by atoms with Gasteiger partial charge in [0.25, 0.3) is 11.8 Å². The van der Waals surface area contributed by atoms with Gasteiger partial charge in [0.05, 0.1) is 23.8 Å². The summed E-state index contributed by atoms with van der Waals surface area (Å²) in [5, 5.41) is 2.79. The molecule has 2 heterocycles. The second-order valence-corrected chi connectivity index (χ2v) is 7.32. The Labute approximate surface area is 141 Å². The minimum absolute atomic E-state index is 0.0766. The molecule has 0 radical (unpaired) electrons. The van der Waals surface area contributed by atoms with Crippen LogP contribution in [0.1, 0.15) is 54.3 Å². The van der Waals surface area contributed by atoms with Gasteiger partial charge >= 0.3 is 0 Å². The van der Waals surface area contributed by atoms with Crippen molar-refractivity contribution in [2.24, 2.45) is 5.41 Å². The summed E-state index contributed by atoms with van der Waals surface area (Å²) in [7, 11) is 0. The predicted octanol–water partition coefficient (Wildman–Crippen LogP) is 2.45. The SMILES string of the molecule is CC(C)(C)C(=O)Nc1ccc2c(c1)C(=O)N(CC1CCCO1)C2=O. The number of amides is 3. The first kappa shape index (κ1) is 16.6. The summed E-state index contributed by atoms with van der Waals surface area (Å²) >= 11 is 0. The number of imide groups is 1. The van der Waals surface area contributed by atoms with Crippen molar-refractivity contribution in [3.63, 3.8) is 0 Å². The topological polar surface area (TPSA) is 75.7 Å². The predicted molar refractivity (Wildman–Crippen MR) is 88.9 cm³/mol. The first-order valence-electron chi connectivity index (χ1n) is 8.20. The van der Waals surface area contributed by atoms with Crippen molar-refractivity contribution in [2.45, 2.75) is 39.7 Å². The molecule has 1 aromatic carbocycles. The van der Waals surface area contributed by atoms with Crippen LogP contribution in [-0.4, -0.2) is 41.9 Å². The van der Waals surface area contributed by atoms with Gasteiger partial charge in [-0.25, -0.2) is 0 Å². The molecule has 24 heavy (non-hydrogen) atoms. The third kappa shape index (κ3) is 3.06. The van der Waals surface area contributed by atoms with Crippen molar-refractivity contribution < 1.29 is 19.1 Å². The number of benzene rings is 1. The van der Waals surface area contributed by atoms with Gasteiger partial charge < -0.3 is 10.1 Å². The highest BCUT2D eigenvalue weighted by atomic mass is 16.5.